The molecule has 0 saturated carbocycles. The van der Waals surface area contributed by atoms with Crippen LogP contribution in [0.15, 0.2) is 60.8 Å². The maximum atomic E-state index is 12.7. The summed E-state index contributed by atoms with van der Waals surface area (Å²) in [6.45, 7) is 4.00. The van der Waals surface area contributed by atoms with Gasteiger partial charge in [-0.15, -0.1) is 0 Å². The summed E-state index contributed by atoms with van der Waals surface area (Å²) in [7, 11) is 0. The summed E-state index contributed by atoms with van der Waals surface area (Å²) >= 11 is 0. The average molecular weight is 276 g/mol. The van der Waals surface area contributed by atoms with Crippen molar-refractivity contribution < 1.29 is 4.79 Å². The Bertz CT molecular complexity index is 768. The van der Waals surface area contributed by atoms with Gasteiger partial charge in [-0.3, -0.25) is 4.79 Å². The van der Waals surface area contributed by atoms with E-state index in [9.17, 15) is 4.79 Å². The van der Waals surface area contributed by atoms with E-state index in [-0.39, 0.29) is 5.78 Å². The number of hydrogen-bond acceptors (Lipinski definition) is 2. The number of ketones is 1. The second kappa shape index (κ2) is 5.37. The number of rotatable bonds is 3. The minimum atomic E-state index is -0.0110. The lowest BCUT2D eigenvalue weighted by molar-refractivity contribution is 0.103. The Balaban J connectivity index is 2.06. The number of nitrogens with zero attached hydrogens (tertiary/aromatic N) is 2. The topological polar surface area (TPSA) is 34.9 Å². The van der Waals surface area contributed by atoms with E-state index in [0.29, 0.717) is 11.3 Å². The fourth-order valence-corrected chi connectivity index (χ4v) is 2.50. The number of para-hydroxylation sites is 1. The lowest BCUT2D eigenvalue weighted by Crippen LogP contribution is -2.10. The Labute approximate surface area is 123 Å². The molecule has 0 saturated heterocycles. The van der Waals surface area contributed by atoms with Crippen LogP contribution < -0.4 is 0 Å². The highest BCUT2D eigenvalue weighted by Crippen LogP contribution is 2.16. The van der Waals surface area contributed by atoms with Crippen LogP contribution in [0.5, 0.6) is 0 Å². The van der Waals surface area contributed by atoms with E-state index in [0.717, 1.165) is 16.8 Å². The molecule has 21 heavy (non-hydrogen) atoms. The zero-order valence-electron chi connectivity index (χ0n) is 12.1. The first kappa shape index (κ1) is 13.3. The normalized spacial score (nSPS) is 10.6. The minimum Gasteiger partial charge on any atom is -0.287 e. The summed E-state index contributed by atoms with van der Waals surface area (Å²) < 4.78 is 1.68. The number of aryl methyl sites for hydroxylation is 2. The van der Waals surface area contributed by atoms with E-state index in [2.05, 4.69) is 11.2 Å². The van der Waals surface area contributed by atoms with Crippen LogP contribution in [0.1, 0.15) is 27.2 Å². The largest absolute Gasteiger partial charge is 0.287 e. The Morgan fingerprint density at radius 2 is 1.62 bits per heavy atom. The second-order valence-electron chi connectivity index (χ2n) is 5.17. The molecule has 0 bridgehead atoms. The highest BCUT2D eigenvalue weighted by Gasteiger charge is 2.15. The third-order valence-corrected chi connectivity index (χ3v) is 3.36. The van der Waals surface area contributed by atoms with Crippen molar-refractivity contribution in [3.05, 3.63) is 83.2 Å². The lowest BCUT2D eigenvalue weighted by Gasteiger charge is -2.08. The highest BCUT2D eigenvalue weighted by atomic mass is 16.1. The standard InChI is InChI=1S/C18H16N2O/c1-13-10-14(2)12-15(11-13)18(21)17-8-9-19-20(17)16-6-4-3-5-7-16/h3-12H,1-2H3. The summed E-state index contributed by atoms with van der Waals surface area (Å²) in [5, 5.41) is 4.27. The SMILES string of the molecule is Cc1cc(C)cc(C(=O)c2ccnn2-c2ccccc2)c1. The van der Waals surface area contributed by atoms with Gasteiger partial charge in [-0.1, -0.05) is 35.4 Å². The molecule has 1 aromatic heterocycles. The van der Waals surface area contributed by atoms with E-state index in [1.807, 2.05) is 56.3 Å². The van der Waals surface area contributed by atoms with Crippen LogP contribution in [-0.4, -0.2) is 15.6 Å². The Morgan fingerprint density at radius 1 is 0.952 bits per heavy atom. The molecule has 0 radical (unpaired) electrons. The number of hydrogen-bond donors (Lipinski definition) is 0. The summed E-state index contributed by atoms with van der Waals surface area (Å²) in [5.41, 5.74) is 4.33. The fraction of sp³-hybridized carbons (Fsp3) is 0.111. The first-order valence-electron chi connectivity index (χ1n) is 6.87. The molecular formula is C18H16N2O. The second-order valence-corrected chi connectivity index (χ2v) is 5.17. The molecule has 3 nitrogen and oxygen atoms in total. The number of aromatic nitrogens is 2. The van der Waals surface area contributed by atoms with Crippen LogP contribution in [0, 0.1) is 13.8 Å². The van der Waals surface area contributed by atoms with E-state index in [1.54, 1.807) is 16.9 Å². The van der Waals surface area contributed by atoms with Crippen LogP contribution in [0.2, 0.25) is 0 Å². The molecule has 2 aromatic carbocycles. The van der Waals surface area contributed by atoms with Crippen molar-refractivity contribution in [2.75, 3.05) is 0 Å². The summed E-state index contributed by atoms with van der Waals surface area (Å²) in [4.78, 5) is 12.7. The van der Waals surface area contributed by atoms with E-state index < -0.39 is 0 Å². The molecule has 0 amide bonds. The van der Waals surface area contributed by atoms with Crippen molar-refractivity contribution in [2.45, 2.75) is 13.8 Å². The van der Waals surface area contributed by atoms with Crippen molar-refractivity contribution in [2.24, 2.45) is 0 Å². The molecule has 3 rings (SSSR count). The van der Waals surface area contributed by atoms with Gasteiger partial charge >= 0.3 is 0 Å². The van der Waals surface area contributed by atoms with Gasteiger partial charge in [0, 0.05) is 5.56 Å². The molecule has 0 N–H and O–H groups in total. The molecule has 3 heteroatoms. The molecule has 0 fully saturated rings. The van der Waals surface area contributed by atoms with Gasteiger partial charge in [0.2, 0.25) is 5.78 Å². The van der Waals surface area contributed by atoms with Gasteiger partial charge in [0.1, 0.15) is 5.69 Å². The van der Waals surface area contributed by atoms with Crippen molar-refractivity contribution in [1.82, 2.24) is 9.78 Å². The van der Waals surface area contributed by atoms with Gasteiger partial charge < -0.3 is 0 Å². The van der Waals surface area contributed by atoms with Crippen molar-refractivity contribution in [1.29, 1.82) is 0 Å². The van der Waals surface area contributed by atoms with Gasteiger partial charge in [-0.2, -0.15) is 5.10 Å². The first-order valence-corrected chi connectivity index (χ1v) is 6.87. The van der Waals surface area contributed by atoms with Gasteiger partial charge in [0.05, 0.1) is 11.9 Å². The van der Waals surface area contributed by atoms with Crippen LogP contribution in [-0.2, 0) is 0 Å². The number of carbonyl (C=O) groups is 1. The molecule has 3 aromatic rings. The quantitative estimate of drug-likeness (QED) is 0.683. The van der Waals surface area contributed by atoms with Gasteiger partial charge in [0.25, 0.3) is 0 Å². The van der Waals surface area contributed by atoms with E-state index in [4.69, 9.17) is 0 Å². The molecule has 104 valence electrons. The Hall–Kier alpha value is -2.68. The number of carbonyl (C=O) groups excluding carboxylic acids is 1. The molecule has 1 heterocycles. The van der Waals surface area contributed by atoms with Gasteiger partial charge in [-0.25, -0.2) is 4.68 Å². The summed E-state index contributed by atoms with van der Waals surface area (Å²) in [5.74, 6) is -0.0110. The van der Waals surface area contributed by atoms with Crippen LogP contribution in [0.4, 0.5) is 0 Å². The van der Waals surface area contributed by atoms with Crippen molar-refractivity contribution >= 4 is 5.78 Å². The zero-order chi connectivity index (χ0) is 14.8. The number of benzene rings is 2. The maximum Gasteiger partial charge on any atom is 0.211 e. The third kappa shape index (κ3) is 2.63. The van der Waals surface area contributed by atoms with E-state index in [1.165, 1.54) is 0 Å². The minimum absolute atomic E-state index is 0.0110. The van der Waals surface area contributed by atoms with E-state index >= 15 is 0 Å². The zero-order valence-corrected chi connectivity index (χ0v) is 12.1. The van der Waals surface area contributed by atoms with Crippen LogP contribution in [0.3, 0.4) is 0 Å². The average Bonchev–Trinajstić information content (AvgIpc) is 2.95. The lowest BCUT2D eigenvalue weighted by atomic mass is 10.0. The Morgan fingerprint density at radius 3 is 2.29 bits per heavy atom. The fourth-order valence-electron chi connectivity index (χ4n) is 2.50. The van der Waals surface area contributed by atoms with Crippen molar-refractivity contribution in [3.8, 4) is 5.69 Å². The molecule has 0 unspecified atom stereocenters. The highest BCUT2D eigenvalue weighted by molar-refractivity contribution is 6.08. The van der Waals surface area contributed by atoms with Crippen LogP contribution in [0.25, 0.3) is 5.69 Å². The molecule has 0 atom stereocenters. The van der Waals surface area contributed by atoms with Gasteiger partial charge in [-0.05, 0) is 44.2 Å². The molecule has 0 aliphatic carbocycles. The van der Waals surface area contributed by atoms with Crippen molar-refractivity contribution in [3.63, 3.8) is 0 Å². The predicted octanol–water partition coefficient (Wildman–Crippen LogP) is 3.72. The molecule has 0 aliphatic heterocycles. The predicted molar refractivity (Wildman–Crippen MR) is 82.9 cm³/mol. The molecule has 0 aliphatic rings. The third-order valence-electron chi connectivity index (χ3n) is 3.36. The summed E-state index contributed by atoms with van der Waals surface area (Å²) in [6.07, 6.45) is 1.66. The summed E-state index contributed by atoms with van der Waals surface area (Å²) in [6, 6.07) is 17.3. The van der Waals surface area contributed by atoms with Crippen LogP contribution >= 0.6 is 0 Å². The Kier molecular flexibility index (Phi) is 3.40. The molecule has 0 spiro atoms. The smallest absolute Gasteiger partial charge is 0.211 e. The monoisotopic (exact) mass is 276 g/mol. The molecular weight excluding hydrogens is 260 g/mol. The first-order chi connectivity index (χ1) is 10.1. The maximum absolute atomic E-state index is 12.7. The van der Waals surface area contributed by atoms with Gasteiger partial charge in [0.15, 0.2) is 0 Å².